The fourth-order valence-corrected chi connectivity index (χ4v) is 10.1. The van der Waals surface area contributed by atoms with Gasteiger partial charge in [-0.1, -0.05) is 86.5 Å². The molecule has 2 bridgehead atoms. The first-order valence-electron chi connectivity index (χ1n) is 22.5. The van der Waals surface area contributed by atoms with Gasteiger partial charge in [0.2, 0.25) is 5.91 Å². The molecule has 2 aliphatic heterocycles. The third-order valence-corrected chi connectivity index (χ3v) is 13.3. The van der Waals surface area contributed by atoms with Gasteiger partial charge in [0, 0.05) is 49.2 Å². The minimum absolute atomic E-state index is 0.0202. The van der Waals surface area contributed by atoms with Gasteiger partial charge in [-0.05, 0) is 118 Å². The van der Waals surface area contributed by atoms with Gasteiger partial charge >= 0.3 is 6.09 Å². The number of methoxy groups -OCH3 is 2. The monoisotopic (exact) mass is 849 g/mol. The first-order chi connectivity index (χ1) is 30.1. The van der Waals surface area contributed by atoms with Crippen molar-refractivity contribution in [1.82, 2.24) is 9.80 Å². The van der Waals surface area contributed by atoms with Crippen molar-refractivity contribution in [3.63, 3.8) is 0 Å². The van der Waals surface area contributed by atoms with Crippen LogP contribution in [0.25, 0.3) is 0 Å². The number of carbonyl (C=O) groups is 2. The number of likely N-dealkylation sites (N-methyl/N-ethyl adjacent to an activating group) is 1. The van der Waals surface area contributed by atoms with Crippen LogP contribution in [0.1, 0.15) is 75.0 Å². The molecule has 0 radical (unpaired) electrons. The van der Waals surface area contributed by atoms with Crippen molar-refractivity contribution in [2.45, 2.75) is 94.7 Å². The van der Waals surface area contributed by atoms with E-state index in [0.29, 0.717) is 29.4 Å². The molecular weight excluding hydrogens is 781 g/mol. The number of aliphatic hydroxyl groups is 1. The molecule has 3 N–H and O–H groups in total. The largest absolute Gasteiger partial charge is 0.497 e. The standard InChI is InChI=1S/C22H28N2O.C18H25NO.C11H15NO5/c1-2-22(25)24(20-11-7-4-8-12-20)21-14-17-23(18-15-21)16-13-19-9-5-3-6-10-19;1-19-10-9-18-8-4-3-5-15(18)17(19)11-13-6-7-14(20-2)12-16(13)18;1-15-9-4-2-3-5-10(9)16-6-8(13)7-17-11(12)14/h3-12,21H,2,13-18H2,1H3;6-7,12,15,17H,3-5,8-11H2,1-2H3;2-5,8,13H,6-7H2,1H3,(H2,12,14)/t;15-,17+,18+;/m.1./s1. The highest BCUT2D eigenvalue weighted by Crippen LogP contribution is 2.56. The molecule has 4 aromatic rings. The second-order valence-electron chi connectivity index (χ2n) is 17.0. The number of rotatable bonds is 13. The van der Waals surface area contributed by atoms with Gasteiger partial charge in [0.1, 0.15) is 25.1 Å². The van der Waals surface area contributed by atoms with E-state index in [2.05, 4.69) is 82.2 Å². The van der Waals surface area contributed by atoms with Crippen LogP contribution in [-0.4, -0.2) is 106 Å². The number of aliphatic hydroxyl groups excluding tert-OH is 1. The summed E-state index contributed by atoms with van der Waals surface area (Å²) in [5.74, 6) is 3.21. The Labute approximate surface area is 369 Å². The summed E-state index contributed by atoms with van der Waals surface area (Å²) >= 11 is 0. The number of likely N-dealkylation sites (tertiary alicyclic amines) is 2. The maximum atomic E-state index is 12.5. The number of piperidine rings is 2. The van der Waals surface area contributed by atoms with E-state index in [0.717, 1.165) is 62.3 Å². The van der Waals surface area contributed by atoms with Gasteiger partial charge in [-0.15, -0.1) is 0 Å². The smallest absolute Gasteiger partial charge is 0.404 e. The first-order valence-corrected chi connectivity index (χ1v) is 22.5. The maximum absolute atomic E-state index is 12.5. The van der Waals surface area contributed by atoms with Crippen LogP contribution in [0.5, 0.6) is 17.2 Å². The zero-order chi connectivity index (χ0) is 43.9. The summed E-state index contributed by atoms with van der Waals surface area (Å²) < 4.78 is 20.3. The second kappa shape index (κ2) is 22.8. The number of hydrogen-bond donors (Lipinski definition) is 2. The zero-order valence-corrected chi connectivity index (χ0v) is 37.3. The van der Waals surface area contributed by atoms with E-state index >= 15 is 0 Å². The minimum atomic E-state index is -0.938. The number of benzene rings is 4. The van der Waals surface area contributed by atoms with Gasteiger partial charge in [0.05, 0.1) is 14.2 Å². The Balaban J connectivity index is 0.000000158. The van der Waals surface area contributed by atoms with Crippen molar-refractivity contribution in [2.75, 3.05) is 65.6 Å². The predicted octanol–water partition coefficient (Wildman–Crippen LogP) is 8.05. The van der Waals surface area contributed by atoms with Crippen molar-refractivity contribution in [1.29, 1.82) is 0 Å². The molecule has 0 aromatic heterocycles. The van der Waals surface area contributed by atoms with Crippen molar-refractivity contribution in [3.05, 3.63) is 120 Å². The molecule has 4 aromatic carbocycles. The molecule has 2 aliphatic carbocycles. The maximum Gasteiger partial charge on any atom is 0.404 e. The van der Waals surface area contributed by atoms with Crippen LogP contribution in [0.3, 0.4) is 0 Å². The Bertz CT molecular complexity index is 1990. The Morgan fingerprint density at radius 3 is 2.21 bits per heavy atom. The quantitative estimate of drug-likeness (QED) is 0.138. The summed E-state index contributed by atoms with van der Waals surface area (Å²) in [4.78, 5) is 30.0. The molecular formula is C51H68N4O7. The van der Waals surface area contributed by atoms with Crippen molar-refractivity contribution in [3.8, 4) is 17.2 Å². The van der Waals surface area contributed by atoms with E-state index < -0.39 is 12.2 Å². The topological polar surface area (TPSA) is 127 Å². The molecule has 2 amide bonds. The van der Waals surface area contributed by atoms with Crippen molar-refractivity contribution in [2.24, 2.45) is 11.7 Å². The lowest BCUT2D eigenvalue weighted by Crippen LogP contribution is -2.59. The van der Waals surface area contributed by atoms with Gasteiger partial charge < -0.3 is 44.5 Å². The fourth-order valence-electron chi connectivity index (χ4n) is 10.1. The molecule has 2 saturated heterocycles. The third-order valence-electron chi connectivity index (χ3n) is 13.3. The molecule has 11 heteroatoms. The van der Waals surface area contributed by atoms with E-state index in [4.69, 9.17) is 19.9 Å². The lowest BCUT2D eigenvalue weighted by Gasteiger charge is -2.58. The van der Waals surface area contributed by atoms with Gasteiger partial charge in [0.25, 0.3) is 0 Å². The van der Waals surface area contributed by atoms with Gasteiger partial charge in [-0.2, -0.15) is 0 Å². The number of ether oxygens (including phenoxy) is 4. The van der Waals surface area contributed by atoms with Crippen LogP contribution in [0.15, 0.2) is 103 Å². The van der Waals surface area contributed by atoms with Crippen LogP contribution >= 0.6 is 0 Å². The Morgan fingerprint density at radius 1 is 0.839 bits per heavy atom. The summed E-state index contributed by atoms with van der Waals surface area (Å²) in [6, 6.07) is 35.8. The molecule has 11 nitrogen and oxygen atoms in total. The van der Waals surface area contributed by atoms with Gasteiger partial charge in [-0.3, -0.25) is 4.79 Å². The average molecular weight is 849 g/mol. The van der Waals surface area contributed by atoms with E-state index in [1.807, 2.05) is 30.0 Å². The van der Waals surface area contributed by atoms with Crippen molar-refractivity contribution < 1.29 is 33.6 Å². The first kappa shape index (κ1) is 46.4. The Kier molecular flexibility index (Phi) is 17.1. The summed E-state index contributed by atoms with van der Waals surface area (Å²) in [6.07, 6.45) is 10.1. The number of anilines is 1. The molecule has 0 spiro atoms. The molecule has 8 rings (SSSR count). The zero-order valence-electron chi connectivity index (χ0n) is 37.3. The molecule has 4 aliphatic rings. The number of primary amides is 1. The predicted molar refractivity (Wildman–Crippen MR) is 245 cm³/mol. The van der Waals surface area contributed by atoms with Gasteiger partial charge in [0.15, 0.2) is 11.5 Å². The highest BCUT2D eigenvalue weighted by atomic mass is 16.6. The molecule has 2 heterocycles. The molecule has 3 fully saturated rings. The summed E-state index contributed by atoms with van der Waals surface area (Å²) in [5.41, 5.74) is 10.9. The number of nitrogens with two attached hydrogens (primary N) is 1. The number of amides is 2. The van der Waals surface area contributed by atoms with Crippen LogP contribution in [0.2, 0.25) is 0 Å². The van der Waals surface area contributed by atoms with Gasteiger partial charge in [-0.25, -0.2) is 4.79 Å². The number of para-hydroxylation sites is 3. The SMILES string of the molecule is CCC(=O)N(c1ccccc1)C1CCN(CCc2ccccc2)CC1.COc1ccc2c(c1)[C@]13CCCC[C@@H]1[C@H](C2)N(C)CC3.COc1ccccc1OCC(O)COC(N)=O. The van der Waals surface area contributed by atoms with E-state index in [1.165, 1.54) is 57.7 Å². The average Bonchev–Trinajstić information content (AvgIpc) is 3.32. The number of hydrogen-bond acceptors (Lipinski definition) is 9. The molecule has 4 atom stereocenters. The number of fused-ring (bicyclic) bond motifs is 1. The second-order valence-corrected chi connectivity index (χ2v) is 17.0. The Morgan fingerprint density at radius 2 is 1.53 bits per heavy atom. The molecule has 334 valence electrons. The van der Waals surface area contributed by atoms with Crippen LogP contribution in [0, 0.1) is 5.92 Å². The minimum Gasteiger partial charge on any atom is -0.497 e. The normalized spacial score (nSPS) is 21.2. The lowest BCUT2D eigenvalue weighted by atomic mass is 9.52. The van der Waals surface area contributed by atoms with E-state index in [-0.39, 0.29) is 19.1 Å². The third kappa shape index (κ3) is 11.9. The van der Waals surface area contributed by atoms with Crippen LogP contribution < -0.4 is 24.8 Å². The molecule has 1 saturated carbocycles. The highest BCUT2D eigenvalue weighted by molar-refractivity contribution is 5.93. The number of nitrogens with zero attached hydrogens (tertiary/aromatic N) is 3. The number of carbonyl (C=O) groups excluding carboxylic acids is 2. The van der Waals surface area contributed by atoms with Crippen molar-refractivity contribution >= 4 is 17.7 Å². The van der Waals surface area contributed by atoms with Crippen LogP contribution in [0.4, 0.5) is 10.5 Å². The fraction of sp³-hybridized carbons (Fsp3) is 0.490. The van der Waals surface area contributed by atoms with E-state index in [9.17, 15) is 14.7 Å². The van der Waals surface area contributed by atoms with E-state index in [1.54, 1.807) is 42.5 Å². The lowest BCUT2D eigenvalue weighted by molar-refractivity contribution is -0.119. The summed E-state index contributed by atoms with van der Waals surface area (Å²) in [5, 5.41) is 9.42. The highest BCUT2D eigenvalue weighted by Gasteiger charge is 2.53. The Hall–Kier alpha value is -5.10. The molecule has 1 unspecified atom stereocenters. The summed E-state index contributed by atoms with van der Waals surface area (Å²) in [7, 11) is 5.64. The van der Waals surface area contributed by atoms with Crippen LogP contribution in [-0.2, 0) is 27.8 Å². The molecule has 62 heavy (non-hydrogen) atoms. The summed E-state index contributed by atoms with van der Waals surface area (Å²) in [6.45, 7) is 6.22.